The molecule has 0 aromatic rings. The van der Waals surface area contributed by atoms with Crippen molar-refractivity contribution in [1.82, 2.24) is 0 Å². The van der Waals surface area contributed by atoms with Crippen LogP contribution in [0.15, 0.2) is 0 Å². The molecule has 0 aromatic heterocycles. The predicted molar refractivity (Wildman–Crippen MR) is 83.8 cm³/mol. The van der Waals surface area contributed by atoms with Gasteiger partial charge in [0.15, 0.2) is 0 Å². The minimum Gasteiger partial charge on any atom is -0.481 e. The Bertz CT molecular complexity index is 407. The minimum atomic E-state index is -2.76. The van der Waals surface area contributed by atoms with E-state index in [1.54, 1.807) is 0 Å². The summed E-state index contributed by atoms with van der Waals surface area (Å²) in [5.41, 5.74) is -2.76. The molecule has 0 bridgehead atoms. The summed E-state index contributed by atoms with van der Waals surface area (Å²) >= 11 is 0. The van der Waals surface area contributed by atoms with Crippen LogP contribution in [0.2, 0.25) is 0 Å². The van der Waals surface area contributed by atoms with Crippen LogP contribution in [0.25, 0.3) is 0 Å². The van der Waals surface area contributed by atoms with Crippen molar-refractivity contribution in [2.24, 2.45) is 5.41 Å². The topological polar surface area (TPSA) is 149 Å². The van der Waals surface area contributed by atoms with E-state index in [0.29, 0.717) is 12.8 Å². The molecule has 0 spiro atoms. The Balaban J connectivity index is 3.85. The van der Waals surface area contributed by atoms with E-state index in [1.807, 2.05) is 0 Å². The van der Waals surface area contributed by atoms with Crippen molar-refractivity contribution in [1.29, 1.82) is 0 Å². The molecule has 8 nitrogen and oxygen atoms in total. The van der Waals surface area contributed by atoms with Crippen LogP contribution >= 0.6 is 0 Å². The molecule has 0 saturated heterocycles. The molecule has 0 aliphatic heterocycles. The van der Waals surface area contributed by atoms with Crippen molar-refractivity contribution in [2.45, 2.75) is 70.6 Å². The van der Waals surface area contributed by atoms with Crippen molar-refractivity contribution in [3.05, 3.63) is 0 Å². The van der Waals surface area contributed by atoms with E-state index in [1.165, 1.54) is 0 Å². The summed E-state index contributed by atoms with van der Waals surface area (Å²) in [6.07, 6.45) is 6.73. The first-order valence-corrected chi connectivity index (χ1v) is 8.17. The molecule has 0 fully saturated rings. The number of carboxylic acids is 4. The van der Waals surface area contributed by atoms with E-state index in [9.17, 15) is 19.2 Å². The van der Waals surface area contributed by atoms with Crippen molar-refractivity contribution >= 4 is 23.9 Å². The van der Waals surface area contributed by atoms with E-state index in [4.69, 9.17) is 20.4 Å². The highest BCUT2D eigenvalue weighted by atomic mass is 16.4. The van der Waals surface area contributed by atoms with E-state index < -0.39 is 35.7 Å². The summed E-state index contributed by atoms with van der Waals surface area (Å²) in [6.45, 7) is 0. The van der Waals surface area contributed by atoms with Gasteiger partial charge in [0.2, 0.25) is 0 Å². The quantitative estimate of drug-likeness (QED) is 0.261. The molecular formula is C16H26O8. The molecule has 0 aliphatic carbocycles. The lowest BCUT2D eigenvalue weighted by Gasteiger charge is -2.19. The number of aliphatic carboxylic acids is 4. The number of carboxylic acid groups (broad SMARTS) is 4. The molecule has 0 atom stereocenters. The Hall–Kier alpha value is -2.12. The molecule has 0 radical (unpaired) electrons. The third-order valence-corrected chi connectivity index (χ3v) is 4.04. The van der Waals surface area contributed by atoms with Gasteiger partial charge in [0.05, 0.1) is 0 Å². The maximum atomic E-state index is 11.0. The van der Waals surface area contributed by atoms with Crippen LogP contribution in [-0.2, 0) is 19.2 Å². The minimum absolute atomic E-state index is 0.193. The van der Waals surface area contributed by atoms with Crippen LogP contribution in [0.4, 0.5) is 0 Å². The molecule has 138 valence electrons. The maximum Gasteiger partial charge on any atom is 0.332 e. The third kappa shape index (κ3) is 7.43. The van der Waals surface area contributed by atoms with Gasteiger partial charge in [-0.2, -0.15) is 0 Å². The van der Waals surface area contributed by atoms with Gasteiger partial charge in [-0.15, -0.1) is 0 Å². The van der Waals surface area contributed by atoms with Crippen LogP contribution in [0, 0.1) is 5.41 Å². The standard InChI is InChI=1S/C16H26O8/c17-12(18)10-8-6-4-2-1-3-5-7-9-11-16(13(19)20,14(21)22)15(23)24/h1-11H2,(H,17,18)(H,19,20)(H,21,22)(H,23,24). The molecule has 0 rings (SSSR count). The lowest BCUT2D eigenvalue weighted by Crippen LogP contribution is -2.46. The summed E-state index contributed by atoms with van der Waals surface area (Å²) in [7, 11) is 0. The molecule has 0 aliphatic rings. The molecule has 24 heavy (non-hydrogen) atoms. The SMILES string of the molecule is O=C(O)CCCCCCCCCCCC(C(=O)O)(C(=O)O)C(=O)O. The van der Waals surface area contributed by atoms with Crippen LogP contribution in [-0.4, -0.2) is 44.3 Å². The lowest BCUT2D eigenvalue weighted by atomic mass is 9.82. The van der Waals surface area contributed by atoms with E-state index >= 15 is 0 Å². The highest BCUT2D eigenvalue weighted by Gasteiger charge is 2.53. The van der Waals surface area contributed by atoms with Gasteiger partial charge in [-0.1, -0.05) is 51.4 Å². The highest BCUT2D eigenvalue weighted by Crippen LogP contribution is 2.27. The van der Waals surface area contributed by atoms with E-state index in [-0.39, 0.29) is 12.8 Å². The number of rotatable bonds is 15. The number of unbranched alkanes of at least 4 members (excludes halogenated alkanes) is 8. The maximum absolute atomic E-state index is 11.0. The Kier molecular flexibility index (Phi) is 10.4. The number of carbonyl (C=O) groups is 4. The Labute approximate surface area is 140 Å². The summed E-state index contributed by atoms with van der Waals surface area (Å²) in [4.78, 5) is 43.4. The summed E-state index contributed by atoms with van der Waals surface area (Å²) in [5.74, 6) is -6.31. The van der Waals surface area contributed by atoms with E-state index in [2.05, 4.69) is 0 Å². The molecule has 0 saturated carbocycles. The predicted octanol–water partition coefficient (Wildman–Crippen LogP) is 2.60. The van der Waals surface area contributed by atoms with Crippen molar-refractivity contribution < 1.29 is 39.6 Å². The molecule has 0 amide bonds. The van der Waals surface area contributed by atoms with Crippen molar-refractivity contribution in [2.75, 3.05) is 0 Å². The van der Waals surface area contributed by atoms with Crippen LogP contribution in [0.1, 0.15) is 70.6 Å². The van der Waals surface area contributed by atoms with Crippen LogP contribution in [0.3, 0.4) is 0 Å². The van der Waals surface area contributed by atoms with Gasteiger partial charge >= 0.3 is 23.9 Å². The molecule has 0 heterocycles. The average molecular weight is 346 g/mol. The van der Waals surface area contributed by atoms with Crippen molar-refractivity contribution in [3.63, 3.8) is 0 Å². The highest BCUT2D eigenvalue weighted by molar-refractivity contribution is 6.16. The monoisotopic (exact) mass is 346 g/mol. The zero-order chi connectivity index (χ0) is 18.6. The molecule has 0 unspecified atom stereocenters. The number of hydrogen-bond donors (Lipinski definition) is 4. The molecule has 4 N–H and O–H groups in total. The Morgan fingerprint density at radius 2 is 0.875 bits per heavy atom. The van der Waals surface area contributed by atoms with E-state index in [0.717, 1.165) is 38.5 Å². The molecular weight excluding hydrogens is 320 g/mol. The Morgan fingerprint density at radius 3 is 1.21 bits per heavy atom. The van der Waals surface area contributed by atoms with Crippen LogP contribution < -0.4 is 0 Å². The van der Waals surface area contributed by atoms with Gasteiger partial charge in [0, 0.05) is 6.42 Å². The van der Waals surface area contributed by atoms with Crippen molar-refractivity contribution in [3.8, 4) is 0 Å². The second kappa shape index (κ2) is 11.4. The first kappa shape index (κ1) is 21.9. The smallest absolute Gasteiger partial charge is 0.332 e. The normalized spacial score (nSPS) is 11.2. The van der Waals surface area contributed by atoms with Gasteiger partial charge in [-0.25, -0.2) is 0 Å². The van der Waals surface area contributed by atoms with Gasteiger partial charge < -0.3 is 20.4 Å². The lowest BCUT2D eigenvalue weighted by molar-refractivity contribution is -0.176. The summed E-state index contributed by atoms with van der Waals surface area (Å²) in [5, 5.41) is 35.3. The fraction of sp³-hybridized carbons (Fsp3) is 0.750. The molecule has 0 aromatic carbocycles. The van der Waals surface area contributed by atoms with Gasteiger partial charge in [0.25, 0.3) is 5.41 Å². The first-order valence-electron chi connectivity index (χ1n) is 8.17. The van der Waals surface area contributed by atoms with Gasteiger partial charge in [-0.3, -0.25) is 19.2 Å². The molecule has 8 heteroatoms. The third-order valence-electron chi connectivity index (χ3n) is 4.04. The number of hydrogen-bond acceptors (Lipinski definition) is 4. The average Bonchev–Trinajstić information content (AvgIpc) is 2.47. The zero-order valence-electron chi connectivity index (χ0n) is 13.7. The van der Waals surface area contributed by atoms with Crippen LogP contribution in [0.5, 0.6) is 0 Å². The zero-order valence-corrected chi connectivity index (χ0v) is 13.7. The van der Waals surface area contributed by atoms with Gasteiger partial charge in [0.1, 0.15) is 0 Å². The van der Waals surface area contributed by atoms with Gasteiger partial charge in [-0.05, 0) is 12.8 Å². The largest absolute Gasteiger partial charge is 0.481 e. The summed E-state index contributed by atoms with van der Waals surface area (Å²) in [6, 6.07) is 0. The second-order valence-corrected chi connectivity index (χ2v) is 5.90. The Morgan fingerprint density at radius 1 is 0.542 bits per heavy atom. The fourth-order valence-corrected chi connectivity index (χ4v) is 2.50. The fourth-order valence-electron chi connectivity index (χ4n) is 2.50. The first-order chi connectivity index (χ1) is 11.2. The summed E-state index contributed by atoms with van der Waals surface area (Å²) < 4.78 is 0. The second-order valence-electron chi connectivity index (χ2n) is 5.90.